The first kappa shape index (κ1) is 13.9. The van der Waals surface area contributed by atoms with Gasteiger partial charge < -0.3 is 15.2 Å². The Morgan fingerprint density at radius 1 is 1.35 bits per heavy atom. The van der Waals surface area contributed by atoms with Crippen molar-refractivity contribution in [3.8, 4) is 5.75 Å². The van der Waals surface area contributed by atoms with Crippen LogP contribution in [0.5, 0.6) is 5.75 Å². The number of carbonyl (C=O) groups excluding carboxylic acids is 1. The van der Waals surface area contributed by atoms with Gasteiger partial charge in [0.05, 0.1) is 13.7 Å². The summed E-state index contributed by atoms with van der Waals surface area (Å²) in [6, 6.07) is 7.71. The van der Waals surface area contributed by atoms with E-state index in [1.807, 2.05) is 31.2 Å². The molecule has 0 aliphatic heterocycles. The number of benzene rings is 1. The molecular formula is C13H16N4O3. The van der Waals surface area contributed by atoms with Crippen LogP contribution in [0.4, 0.5) is 5.82 Å². The summed E-state index contributed by atoms with van der Waals surface area (Å²) in [4.78, 5) is 11.3. The quantitative estimate of drug-likeness (QED) is 0.820. The second kappa shape index (κ2) is 6.05. The summed E-state index contributed by atoms with van der Waals surface area (Å²) < 4.78 is 11.5. The van der Waals surface area contributed by atoms with Crippen molar-refractivity contribution < 1.29 is 14.3 Å². The summed E-state index contributed by atoms with van der Waals surface area (Å²) >= 11 is 0. The normalized spacial score (nSPS) is 10.3. The zero-order chi connectivity index (χ0) is 14.5. The standard InChI is InChI=1S/C13H16N4O3/c1-9-3-5-10(6-4-9)20-8-7-17-12(14)11(15-16-17)13(18)19-2/h3-6H,7-8,14H2,1-2H3. The molecule has 2 aromatic rings. The van der Waals surface area contributed by atoms with Crippen LogP contribution in [0.25, 0.3) is 0 Å². The smallest absolute Gasteiger partial charge is 0.362 e. The lowest BCUT2D eigenvalue weighted by atomic mass is 10.2. The van der Waals surface area contributed by atoms with E-state index in [9.17, 15) is 4.79 Å². The van der Waals surface area contributed by atoms with E-state index >= 15 is 0 Å². The molecule has 1 heterocycles. The molecule has 7 heteroatoms. The highest BCUT2D eigenvalue weighted by Crippen LogP contribution is 2.12. The first-order valence-corrected chi connectivity index (χ1v) is 6.08. The molecule has 0 bridgehead atoms. The first-order valence-electron chi connectivity index (χ1n) is 6.08. The summed E-state index contributed by atoms with van der Waals surface area (Å²) in [5.41, 5.74) is 6.94. The maximum atomic E-state index is 11.3. The minimum absolute atomic E-state index is 0.0165. The van der Waals surface area contributed by atoms with Gasteiger partial charge in [0.1, 0.15) is 12.4 Å². The van der Waals surface area contributed by atoms with Gasteiger partial charge in [0.25, 0.3) is 0 Å². The second-order valence-corrected chi connectivity index (χ2v) is 4.20. The number of aryl methyl sites for hydroxylation is 1. The number of aromatic nitrogens is 3. The number of rotatable bonds is 5. The Kier molecular flexibility index (Phi) is 4.19. The number of methoxy groups -OCH3 is 1. The minimum atomic E-state index is -0.604. The van der Waals surface area contributed by atoms with Gasteiger partial charge in [-0.15, -0.1) is 5.10 Å². The first-order chi connectivity index (χ1) is 9.61. The van der Waals surface area contributed by atoms with Gasteiger partial charge in [-0.3, -0.25) is 0 Å². The summed E-state index contributed by atoms with van der Waals surface area (Å²) in [5, 5.41) is 7.47. The van der Waals surface area contributed by atoms with Crippen molar-refractivity contribution in [2.75, 3.05) is 19.5 Å². The van der Waals surface area contributed by atoms with Gasteiger partial charge in [-0.2, -0.15) is 0 Å². The van der Waals surface area contributed by atoms with E-state index in [0.29, 0.717) is 13.2 Å². The molecule has 1 aromatic heterocycles. The molecule has 0 amide bonds. The Labute approximate surface area is 116 Å². The van der Waals surface area contributed by atoms with Crippen LogP contribution >= 0.6 is 0 Å². The topological polar surface area (TPSA) is 92.3 Å². The van der Waals surface area contributed by atoms with Gasteiger partial charge in [-0.25, -0.2) is 9.48 Å². The van der Waals surface area contributed by atoms with E-state index in [2.05, 4.69) is 15.0 Å². The summed E-state index contributed by atoms with van der Waals surface area (Å²) in [6.45, 7) is 2.77. The number of esters is 1. The van der Waals surface area contributed by atoms with E-state index in [4.69, 9.17) is 10.5 Å². The molecule has 0 saturated heterocycles. The molecule has 0 fully saturated rings. The molecule has 0 atom stereocenters. The van der Waals surface area contributed by atoms with E-state index in [1.165, 1.54) is 17.4 Å². The number of nitrogen functional groups attached to an aromatic ring is 1. The molecule has 2 rings (SSSR count). The van der Waals surface area contributed by atoms with Crippen molar-refractivity contribution in [2.45, 2.75) is 13.5 Å². The number of hydrogen-bond donors (Lipinski definition) is 1. The maximum Gasteiger partial charge on any atom is 0.362 e. The molecule has 0 spiro atoms. The molecule has 2 N–H and O–H groups in total. The third-order valence-corrected chi connectivity index (χ3v) is 2.74. The molecule has 7 nitrogen and oxygen atoms in total. The third kappa shape index (κ3) is 3.05. The lowest BCUT2D eigenvalue weighted by Crippen LogP contribution is -2.13. The summed E-state index contributed by atoms with van der Waals surface area (Å²) in [6.07, 6.45) is 0. The number of nitrogens with zero attached hydrogens (tertiary/aromatic N) is 3. The van der Waals surface area contributed by atoms with Crippen LogP contribution in [0.1, 0.15) is 16.1 Å². The Bertz CT molecular complexity index is 592. The molecule has 0 radical (unpaired) electrons. The summed E-state index contributed by atoms with van der Waals surface area (Å²) in [7, 11) is 1.27. The SMILES string of the molecule is COC(=O)c1nnn(CCOc2ccc(C)cc2)c1N. The zero-order valence-electron chi connectivity index (χ0n) is 11.4. The Morgan fingerprint density at radius 2 is 2.05 bits per heavy atom. The van der Waals surface area contributed by atoms with Gasteiger partial charge in [-0.05, 0) is 19.1 Å². The predicted molar refractivity (Wildman–Crippen MR) is 72.4 cm³/mol. The molecule has 106 valence electrons. The Hall–Kier alpha value is -2.57. The van der Waals surface area contributed by atoms with Gasteiger partial charge in [-0.1, -0.05) is 22.9 Å². The molecular weight excluding hydrogens is 260 g/mol. The molecule has 20 heavy (non-hydrogen) atoms. The zero-order valence-corrected chi connectivity index (χ0v) is 11.4. The highest BCUT2D eigenvalue weighted by atomic mass is 16.5. The third-order valence-electron chi connectivity index (χ3n) is 2.74. The molecule has 0 aliphatic carbocycles. The highest BCUT2D eigenvalue weighted by molar-refractivity contribution is 5.91. The Morgan fingerprint density at radius 3 is 2.70 bits per heavy atom. The lowest BCUT2D eigenvalue weighted by molar-refractivity contribution is 0.0595. The van der Waals surface area contributed by atoms with Crippen LogP contribution in [0.2, 0.25) is 0 Å². The number of nitrogens with two attached hydrogens (primary N) is 1. The molecule has 0 saturated carbocycles. The van der Waals surface area contributed by atoms with Crippen LogP contribution in [-0.4, -0.2) is 34.7 Å². The second-order valence-electron chi connectivity index (χ2n) is 4.20. The van der Waals surface area contributed by atoms with E-state index in [1.54, 1.807) is 0 Å². The predicted octanol–water partition coefficient (Wildman–Crippen LogP) is 1.03. The van der Waals surface area contributed by atoms with Crippen LogP contribution in [0, 0.1) is 6.92 Å². The average molecular weight is 276 g/mol. The van der Waals surface area contributed by atoms with Crippen LogP contribution in [0.15, 0.2) is 24.3 Å². The van der Waals surface area contributed by atoms with Crippen molar-refractivity contribution in [2.24, 2.45) is 0 Å². The van der Waals surface area contributed by atoms with Gasteiger partial charge in [0.2, 0.25) is 5.69 Å². The van der Waals surface area contributed by atoms with Gasteiger partial charge >= 0.3 is 5.97 Å². The maximum absolute atomic E-state index is 11.3. The fourth-order valence-corrected chi connectivity index (χ4v) is 1.61. The summed E-state index contributed by atoms with van der Waals surface area (Å²) in [5.74, 6) is 0.333. The number of anilines is 1. The van der Waals surface area contributed by atoms with Crippen molar-refractivity contribution >= 4 is 11.8 Å². The minimum Gasteiger partial charge on any atom is -0.492 e. The number of hydrogen-bond acceptors (Lipinski definition) is 6. The Balaban J connectivity index is 1.93. The van der Waals surface area contributed by atoms with Gasteiger partial charge in [0.15, 0.2) is 5.82 Å². The average Bonchev–Trinajstić information content (AvgIpc) is 2.82. The van der Waals surface area contributed by atoms with Gasteiger partial charge in [0, 0.05) is 0 Å². The molecule has 1 aromatic carbocycles. The van der Waals surface area contributed by atoms with Crippen molar-refractivity contribution in [3.05, 3.63) is 35.5 Å². The van der Waals surface area contributed by atoms with E-state index in [0.717, 1.165) is 5.75 Å². The monoisotopic (exact) mass is 276 g/mol. The van der Waals surface area contributed by atoms with Crippen molar-refractivity contribution in [1.82, 2.24) is 15.0 Å². The molecule has 0 aliphatic rings. The van der Waals surface area contributed by atoms with Crippen LogP contribution in [-0.2, 0) is 11.3 Å². The fraction of sp³-hybridized carbons (Fsp3) is 0.308. The van der Waals surface area contributed by atoms with Crippen LogP contribution < -0.4 is 10.5 Å². The lowest BCUT2D eigenvalue weighted by Gasteiger charge is -2.07. The largest absolute Gasteiger partial charge is 0.492 e. The van der Waals surface area contributed by atoms with Crippen molar-refractivity contribution in [3.63, 3.8) is 0 Å². The number of carbonyl (C=O) groups is 1. The van der Waals surface area contributed by atoms with E-state index < -0.39 is 5.97 Å². The van der Waals surface area contributed by atoms with Crippen LogP contribution in [0.3, 0.4) is 0 Å². The highest BCUT2D eigenvalue weighted by Gasteiger charge is 2.17. The number of ether oxygens (including phenoxy) is 2. The van der Waals surface area contributed by atoms with Crippen molar-refractivity contribution in [1.29, 1.82) is 0 Å². The molecule has 0 unspecified atom stereocenters. The van der Waals surface area contributed by atoms with E-state index in [-0.39, 0.29) is 11.5 Å². The fourth-order valence-electron chi connectivity index (χ4n) is 1.61.